The van der Waals surface area contributed by atoms with E-state index in [0.29, 0.717) is 11.1 Å². The molecule has 1 aromatic rings. The van der Waals surface area contributed by atoms with Gasteiger partial charge in [0.2, 0.25) is 0 Å². The zero-order chi connectivity index (χ0) is 12.3. The van der Waals surface area contributed by atoms with E-state index < -0.39 is 15.0 Å². The summed E-state index contributed by atoms with van der Waals surface area (Å²) < 4.78 is 22.3. The quantitative estimate of drug-likeness (QED) is 0.667. The number of carbonyl (C=O) groups is 1. The molecular formula is C10H9ClO4S. The molecule has 86 valence electrons. The lowest BCUT2D eigenvalue weighted by molar-refractivity contribution is -0.131. The highest BCUT2D eigenvalue weighted by Crippen LogP contribution is 2.21. The molecule has 0 unspecified atom stereocenters. The Morgan fingerprint density at radius 3 is 2.56 bits per heavy atom. The van der Waals surface area contributed by atoms with Crippen LogP contribution in [0.3, 0.4) is 0 Å². The molecule has 0 aliphatic heterocycles. The molecule has 0 spiro atoms. The van der Waals surface area contributed by atoms with Gasteiger partial charge >= 0.3 is 5.97 Å². The molecular weight excluding hydrogens is 252 g/mol. The van der Waals surface area contributed by atoms with Crippen molar-refractivity contribution >= 4 is 31.8 Å². The maximum absolute atomic E-state index is 11.2. The minimum Gasteiger partial charge on any atom is -0.478 e. The average molecular weight is 261 g/mol. The summed E-state index contributed by atoms with van der Waals surface area (Å²) in [7, 11) is 1.43. The summed E-state index contributed by atoms with van der Waals surface area (Å²) in [6, 6.07) is 4.51. The Morgan fingerprint density at radius 1 is 1.44 bits per heavy atom. The average Bonchev–Trinajstić information content (AvgIpc) is 2.14. The molecule has 4 nitrogen and oxygen atoms in total. The SMILES string of the molecule is Cc1ccc(C=CC(=O)O)cc1S(=O)(=O)Cl. The van der Waals surface area contributed by atoms with E-state index in [1.54, 1.807) is 19.1 Å². The van der Waals surface area contributed by atoms with E-state index in [9.17, 15) is 13.2 Å². The lowest BCUT2D eigenvalue weighted by Gasteiger charge is -2.02. The number of hydrogen-bond acceptors (Lipinski definition) is 3. The van der Waals surface area contributed by atoms with Crippen LogP contribution in [-0.2, 0) is 13.8 Å². The fourth-order valence-electron chi connectivity index (χ4n) is 1.15. The van der Waals surface area contributed by atoms with Gasteiger partial charge in [-0.15, -0.1) is 0 Å². The number of hydrogen-bond donors (Lipinski definition) is 1. The number of benzene rings is 1. The Hall–Kier alpha value is -1.33. The second-order valence-electron chi connectivity index (χ2n) is 3.13. The van der Waals surface area contributed by atoms with Crippen LogP contribution in [0.5, 0.6) is 0 Å². The van der Waals surface area contributed by atoms with Crippen molar-refractivity contribution in [2.24, 2.45) is 0 Å². The monoisotopic (exact) mass is 260 g/mol. The molecule has 0 radical (unpaired) electrons. The van der Waals surface area contributed by atoms with Crippen LogP contribution in [0.15, 0.2) is 29.2 Å². The van der Waals surface area contributed by atoms with Crippen molar-refractivity contribution in [3.8, 4) is 0 Å². The van der Waals surface area contributed by atoms with Crippen LogP contribution in [0.25, 0.3) is 6.08 Å². The first-order valence-corrected chi connectivity index (χ1v) is 6.58. The molecule has 0 heterocycles. The van der Waals surface area contributed by atoms with E-state index in [4.69, 9.17) is 15.8 Å². The number of carboxylic acids is 1. The van der Waals surface area contributed by atoms with E-state index in [0.717, 1.165) is 6.08 Å². The van der Waals surface area contributed by atoms with Gasteiger partial charge in [0.1, 0.15) is 0 Å². The summed E-state index contributed by atoms with van der Waals surface area (Å²) >= 11 is 0. The van der Waals surface area contributed by atoms with Crippen LogP contribution in [0.4, 0.5) is 0 Å². The summed E-state index contributed by atoms with van der Waals surface area (Å²) in [6.07, 6.45) is 2.22. The summed E-state index contributed by atoms with van der Waals surface area (Å²) in [5.41, 5.74) is 0.981. The van der Waals surface area contributed by atoms with Crippen molar-refractivity contribution in [2.75, 3.05) is 0 Å². The molecule has 0 aromatic heterocycles. The topological polar surface area (TPSA) is 71.4 Å². The van der Waals surface area contributed by atoms with Crippen molar-refractivity contribution in [3.05, 3.63) is 35.4 Å². The van der Waals surface area contributed by atoms with Gasteiger partial charge in [0.05, 0.1) is 4.90 Å². The summed E-state index contributed by atoms with van der Waals surface area (Å²) in [4.78, 5) is 10.3. The lowest BCUT2D eigenvalue weighted by atomic mass is 10.1. The normalized spacial score (nSPS) is 11.9. The second-order valence-corrected chi connectivity index (χ2v) is 5.67. The molecule has 16 heavy (non-hydrogen) atoms. The van der Waals surface area contributed by atoms with Crippen LogP contribution in [0.1, 0.15) is 11.1 Å². The van der Waals surface area contributed by atoms with Gasteiger partial charge in [-0.3, -0.25) is 0 Å². The molecule has 1 N–H and O–H groups in total. The Labute approximate surface area is 97.6 Å². The largest absolute Gasteiger partial charge is 0.478 e. The molecule has 0 aliphatic rings. The first-order chi connectivity index (χ1) is 7.30. The summed E-state index contributed by atoms with van der Waals surface area (Å²) in [5, 5.41) is 8.43. The van der Waals surface area contributed by atoms with Crippen molar-refractivity contribution < 1.29 is 18.3 Å². The van der Waals surface area contributed by atoms with E-state index in [2.05, 4.69) is 0 Å². The van der Waals surface area contributed by atoms with Gasteiger partial charge in [-0.25, -0.2) is 13.2 Å². The fourth-order valence-corrected chi connectivity index (χ4v) is 2.38. The number of rotatable bonds is 3. The highest BCUT2D eigenvalue weighted by atomic mass is 35.7. The molecule has 0 fully saturated rings. The van der Waals surface area contributed by atoms with Gasteiger partial charge in [-0.2, -0.15) is 0 Å². The Kier molecular flexibility index (Phi) is 3.72. The van der Waals surface area contributed by atoms with Crippen LogP contribution in [0, 0.1) is 6.92 Å². The number of carboxylic acid groups (broad SMARTS) is 1. The van der Waals surface area contributed by atoms with Crippen molar-refractivity contribution in [3.63, 3.8) is 0 Å². The first-order valence-electron chi connectivity index (χ1n) is 4.27. The standard InChI is InChI=1S/C10H9ClO4S/c1-7-2-3-8(4-5-10(12)13)6-9(7)16(11,14)15/h2-6H,1H3,(H,12,13). The van der Waals surface area contributed by atoms with Gasteiger partial charge < -0.3 is 5.11 Å². The maximum atomic E-state index is 11.2. The third-order valence-corrected chi connectivity index (χ3v) is 3.36. The molecule has 1 aromatic carbocycles. The third-order valence-electron chi connectivity index (χ3n) is 1.89. The Bertz CT molecular complexity index is 546. The van der Waals surface area contributed by atoms with Crippen LogP contribution < -0.4 is 0 Å². The second kappa shape index (κ2) is 4.67. The van der Waals surface area contributed by atoms with Gasteiger partial charge in [0, 0.05) is 16.8 Å². The van der Waals surface area contributed by atoms with E-state index in [1.807, 2.05) is 0 Å². The van der Waals surface area contributed by atoms with Crippen molar-refractivity contribution in [1.82, 2.24) is 0 Å². The van der Waals surface area contributed by atoms with Crippen LogP contribution in [-0.4, -0.2) is 19.5 Å². The van der Waals surface area contributed by atoms with E-state index in [1.165, 1.54) is 12.1 Å². The molecule has 0 saturated carbocycles. The number of aliphatic carboxylic acids is 1. The fraction of sp³-hybridized carbons (Fsp3) is 0.100. The minimum atomic E-state index is -3.80. The lowest BCUT2D eigenvalue weighted by Crippen LogP contribution is -1.95. The van der Waals surface area contributed by atoms with Gasteiger partial charge in [0.15, 0.2) is 0 Å². The van der Waals surface area contributed by atoms with Crippen LogP contribution >= 0.6 is 10.7 Å². The number of aryl methyl sites for hydroxylation is 1. The van der Waals surface area contributed by atoms with Gasteiger partial charge in [0.25, 0.3) is 9.05 Å². The zero-order valence-electron chi connectivity index (χ0n) is 8.34. The van der Waals surface area contributed by atoms with Crippen molar-refractivity contribution in [2.45, 2.75) is 11.8 Å². The molecule has 0 aliphatic carbocycles. The van der Waals surface area contributed by atoms with E-state index >= 15 is 0 Å². The molecule has 0 atom stereocenters. The van der Waals surface area contributed by atoms with Gasteiger partial charge in [-0.05, 0) is 30.2 Å². The summed E-state index contributed by atoms with van der Waals surface area (Å²) in [6.45, 7) is 1.61. The zero-order valence-corrected chi connectivity index (χ0v) is 9.92. The first kappa shape index (κ1) is 12.7. The number of halogens is 1. The predicted molar refractivity (Wildman–Crippen MR) is 60.9 cm³/mol. The molecule has 1 rings (SSSR count). The van der Waals surface area contributed by atoms with Gasteiger partial charge in [-0.1, -0.05) is 12.1 Å². The van der Waals surface area contributed by atoms with Crippen molar-refractivity contribution in [1.29, 1.82) is 0 Å². The summed E-state index contributed by atoms with van der Waals surface area (Å²) in [5.74, 6) is -1.10. The smallest absolute Gasteiger partial charge is 0.328 e. The highest BCUT2D eigenvalue weighted by molar-refractivity contribution is 8.13. The molecule has 0 bridgehead atoms. The molecule has 0 saturated heterocycles. The third kappa shape index (κ3) is 3.36. The van der Waals surface area contributed by atoms with Crippen LogP contribution in [0.2, 0.25) is 0 Å². The minimum absolute atomic E-state index is 0.0123. The predicted octanol–water partition coefficient (Wildman–Crippen LogP) is 2.02. The molecule has 6 heteroatoms. The Morgan fingerprint density at radius 2 is 2.06 bits per heavy atom. The maximum Gasteiger partial charge on any atom is 0.328 e. The highest BCUT2D eigenvalue weighted by Gasteiger charge is 2.13. The Balaban J connectivity index is 3.23. The van der Waals surface area contributed by atoms with E-state index in [-0.39, 0.29) is 4.90 Å². The molecule has 0 amide bonds.